The number of benzene rings is 1. The first kappa shape index (κ1) is 14.8. The van der Waals surface area contributed by atoms with Gasteiger partial charge in [-0.2, -0.15) is 0 Å². The zero-order valence-electron chi connectivity index (χ0n) is 10.3. The molecule has 0 saturated carbocycles. The average molecular weight is 276 g/mol. The van der Waals surface area contributed by atoms with Gasteiger partial charge in [-0.3, -0.25) is 0 Å². The van der Waals surface area contributed by atoms with Crippen LogP contribution in [0, 0.1) is 0 Å². The molecule has 0 aromatic heterocycles. The largest absolute Gasteiger partial charge is 0.385 e. The van der Waals surface area contributed by atoms with Crippen molar-refractivity contribution in [2.24, 2.45) is 0 Å². The van der Waals surface area contributed by atoms with Crippen LogP contribution in [0.1, 0.15) is 18.9 Å². The molecule has 0 radical (unpaired) electrons. The molecule has 0 amide bonds. The summed E-state index contributed by atoms with van der Waals surface area (Å²) in [6, 6.07) is 6.09. The van der Waals surface area contributed by atoms with E-state index in [2.05, 4.69) is 12.2 Å². The molecule has 0 aliphatic heterocycles. The van der Waals surface area contributed by atoms with Gasteiger partial charge in [0.1, 0.15) is 0 Å². The van der Waals surface area contributed by atoms with Crippen molar-refractivity contribution in [3.05, 3.63) is 33.8 Å². The minimum absolute atomic E-state index is 0.459. The predicted molar refractivity (Wildman–Crippen MR) is 74.1 cm³/mol. The third-order valence-electron chi connectivity index (χ3n) is 2.66. The van der Waals surface area contributed by atoms with Crippen molar-refractivity contribution in [1.29, 1.82) is 0 Å². The van der Waals surface area contributed by atoms with Crippen molar-refractivity contribution in [3.63, 3.8) is 0 Å². The van der Waals surface area contributed by atoms with E-state index in [1.165, 1.54) is 0 Å². The quantitative estimate of drug-likeness (QED) is 0.822. The third kappa shape index (κ3) is 5.73. The molecule has 0 aliphatic carbocycles. The van der Waals surface area contributed by atoms with E-state index in [0.29, 0.717) is 11.1 Å². The highest BCUT2D eigenvalue weighted by molar-refractivity contribution is 6.35. The molecule has 1 atom stereocenters. The lowest BCUT2D eigenvalue weighted by atomic mass is 10.1. The number of halogens is 2. The fourth-order valence-corrected chi connectivity index (χ4v) is 2.08. The van der Waals surface area contributed by atoms with Gasteiger partial charge in [-0.15, -0.1) is 0 Å². The standard InChI is InChI=1S/C13H19Cl2NO/c1-10(6-8-17-2)16-7-5-11-3-4-12(14)9-13(11)15/h3-4,9-10,16H,5-8H2,1-2H3. The van der Waals surface area contributed by atoms with E-state index in [-0.39, 0.29) is 0 Å². The molecule has 0 spiro atoms. The first-order valence-corrected chi connectivity index (χ1v) is 6.55. The van der Waals surface area contributed by atoms with Crippen LogP contribution in [0.15, 0.2) is 18.2 Å². The Morgan fingerprint density at radius 2 is 2.12 bits per heavy atom. The monoisotopic (exact) mass is 275 g/mol. The normalized spacial score (nSPS) is 12.7. The van der Waals surface area contributed by atoms with Crippen molar-refractivity contribution in [2.45, 2.75) is 25.8 Å². The Balaban J connectivity index is 2.30. The van der Waals surface area contributed by atoms with Crippen LogP contribution in [0.4, 0.5) is 0 Å². The summed E-state index contributed by atoms with van der Waals surface area (Å²) in [5.74, 6) is 0. The van der Waals surface area contributed by atoms with Gasteiger partial charge in [0, 0.05) is 29.8 Å². The Labute approximate surface area is 113 Å². The van der Waals surface area contributed by atoms with Crippen molar-refractivity contribution in [1.82, 2.24) is 5.32 Å². The molecule has 2 nitrogen and oxygen atoms in total. The van der Waals surface area contributed by atoms with Gasteiger partial charge in [0.05, 0.1) is 0 Å². The van der Waals surface area contributed by atoms with Crippen molar-refractivity contribution >= 4 is 23.2 Å². The summed E-state index contributed by atoms with van der Waals surface area (Å²) < 4.78 is 5.03. The second-order valence-corrected chi connectivity index (χ2v) is 4.97. The van der Waals surface area contributed by atoms with E-state index in [9.17, 15) is 0 Å². The molecule has 0 heterocycles. The number of rotatable bonds is 7. The maximum absolute atomic E-state index is 6.10. The van der Waals surface area contributed by atoms with Crippen molar-refractivity contribution < 1.29 is 4.74 Å². The summed E-state index contributed by atoms with van der Waals surface area (Å²) in [6.45, 7) is 3.85. The Bertz CT molecular complexity index is 344. The van der Waals surface area contributed by atoms with Gasteiger partial charge in [-0.25, -0.2) is 0 Å². The van der Waals surface area contributed by atoms with Crippen LogP contribution in [-0.4, -0.2) is 26.3 Å². The van der Waals surface area contributed by atoms with Crippen LogP contribution < -0.4 is 5.32 Å². The zero-order valence-corrected chi connectivity index (χ0v) is 11.8. The maximum atomic E-state index is 6.10. The van der Waals surface area contributed by atoms with Gasteiger partial charge in [-0.1, -0.05) is 29.3 Å². The molecule has 0 fully saturated rings. The lowest BCUT2D eigenvalue weighted by Gasteiger charge is -2.13. The molecule has 1 unspecified atom stereocenters. The number of hydrogen-bond donors (Lipinski definition) is 1. The Morgan fingerprint density at radius 1 is 1.35 bits per heavy atom. The number of ether oxygens (including phenoxy) is 1. The van der Waals surface area contributed by atoms with Crippen LogP contribution in [-0.2, 0) is 11.2 Å². The third-order valence-corrected chi connectivity index (χ3v) is 3.24. The molecule has 4 heteroatoms. The highest BCUT2D eigenvalue weighted by Gasteiger charge is 2.03. The van der Waals surface area contributed by atoms with Crippen LogP contribution in [0.2, 0.25) is 10.0 Å². The second kappa shape index (κ2) is 7.93. The van der Waals surface area contributed by atoms with Crippen LogP contribution in [0.3, 0.4) is 0 Å². The van der Waals surface area contributed by atoms with Gasteiger partial charge in [0.25, 0.3) is 0 Å². The van der Waals surface area contributed by atoms with Gasteiger partial charge in [-0.05, 0) is 44.0 Å². The molecule has 1 aromatic rings. The van der Waals surface area contributed by atoms with Gasteiger partial charge >= 0.3 is 0 Å². The molecule has 1 N–H and O–H groups in total. The summed E-state index contributed by atoms with van der Waals surface area (Å²) in [7, 11) is 1.72. The average Bonchev–Trinajstić information content (AvgIpc) is 2.29. The van der Waals surface area contributed by atoms with Crippen LogP contribution in [0.25, 0.3) is 0 Å². The molecule has 1 rings (SSSR count). The number of methoxy groups -OCH3 is 1. The lowest BCUT2D eigenvalue weighted by molar-refractivity contribution is 0.185. The topological polar surface area (TPSA) is 21.3 Å². The second-order valence-electron chi connectivity index (χ2n) is 4.12. The fraction of sp³-hybridized carbons (Fsp3) is 0.538. The number of nitrogens with one attached hydrogen (secondary N) is 1. The summed E-state index contributed by atoms with van der Waals surface area (Å²) in [5.41, 5.74) is 1.13. The summed E-state index contributed by atoms with van der Waals surface area (Å²) >= 11 is 11.9. The molecular formula is C13H19Cl2NO. The van der Waals surface area contributed by atoms with Crippen molar-refractivity contribution in [3.8, 4) is 0 Å². The summed E-state index contributed by atoms with van der Waals surface area (Å²) in [6.07, 6.45) is 1.93. The predicted octanol–water partition coefficient (Wildman–Crippen LogP) is 3.55. The van der Waals surface area contributed by atoms with Gasteiger partial charge < -0.3 is 10.1 Å². The van der Waals surface area contributed by atoms with Gasteiger partial charge in [0.2, 0.25) is 0 Å². The lowest BCUT2D eigenvalue weighted by Crippen LogP contribution is -2.29. The first-order valence-electron chi connectivity index (χ1n) is 5.79. The van der Waals surface area contributed by atoms with E-state index < -0.39 is 0 Å². The molecule has 1 aromatic carbocycles. The molecule has 17 heavy (non-hydrogen) atoms. The summed E-state index contributed by atoms with van der Waals surface area (Å²) in [5, 5.41) is 4.86. The van der Waals surface area contributed by atoms with E-state index in [4.69, 9.17) is 27.9 Å². The summed E-state index contributed by atoms with van der Waals surface area (Å²) in [4.78, 5) is 0. The SMILES string of the molecule is COCCC(C)NCCc1ccc(Cl)cc1Cl. The van der Waals surface area contributed by atoms with Gasteiger partial charge in [0.15, 0.2) is 0 Å². The number of hydrogen-bond acceptors (Lipinski definition) is 2. The first-order chi connectivity index (χ1) is 8.13. The highest BCUT2D eigenvalue weighted by Crippen LogP contribution is 2.21. The molecule has 96 valence electrons. The van der Waals surface area contributed by atoms with Crippen LogP contribution >= 0.6 is 23.2 Å². The minimum atomic E-state index is 0.459. The van der Waals surface area contributed by atoms with E-state index in [1.807, 2.05) is 12.1 Å². The van der Waals surface area contributed by atoms with E-state index >= 15 is 0 Å². The minimum Gasteiger partial charge on any atom is -0.385 e. The maximum Gasteiger partial charge on any atom is 0.0476 e. The molecule has 0 bridgehead atoms. The fourth-order valence-electron chi connectivity index (χ4n) is 1.57. The van der Waals surface area contributed by atoms with E-state index in [1.54, 1.807) is 13.2 Å². The Morgan fingerprint density at radius 3 is 2.76 bits per heavy atom. The Hall–Kier alpha value is -0.280. The molecular weight excluding hydrogens is 257 g/mol. The Kier molecular flexibility index (Phi) is 6.90. The highest BCUT2D eigenvalue weighted by atomic mass is 35.5. The zero-order chi connectivity index (χ0) is 12.7. The smallest absolute Gasteiger partial charge is 0.0476 e. The van der Waals surface area contributed by atoms with Crippen molar-refractivity contribution in [2.75, 3.05) is 20.3 Å². The molecule has 0 aliphatic rings. The molecule has 0 saturated heterocycles. The van der Waals surface area contributed by atoms with Crippen LogP contribution in [0.5, 0.6) is 0 Å². The van der Waals surface area contributed by atoms with E-state index in [0.717, 1.165) is 36.6 Å².